The summed E-state index contributed by atoms with van der Waals surface area (Å²) in [7, 11) is 3.14. The van der Waals surface area contributed by atoms with Gasteiger partial charge >= 0.3 is 0 Å². The summed E-state index contributed by atoms with van der Waals surface area (Å²) in [5.41, 5.74) is 1.66. The molecule has 5 atom stereocenters. The van der Waals surface area contributed by atoms with E-state index in [0.29, 0.717) is 17.6 Å². The summed E-state index contributed by atoms with van der Waals surface area (Å²) in [6.07, 6.45) is 5.75. The zero-order chi connectivity index (χ0) is 19.9. The molecule has 5 unspecified atom stereocenters. The number of aromatic nitrogens is 1. The molecule has 1 aromatic heterocycles. The number of rotatable bonds is 6. The number of piperidine rings is 3. The molecule has 8 heteroatoms. The average molecular weight is 397 g/mol. The van der Waals surface area contributed by atoms with Crippen LogP contribution >= 0.6 is 0 Å². The first-order valence-corrected chi connectivity index (χ1v) is 11.0. The molecule has 3 saturated heterocycles. The number of ether oxygens (including phenoxy) is 1. The Labute approximate surface area is 167 Å². The van der Waals surface area contributed by atoms with E-state index in [2.05, 4.69) is 21.2 Å². The third kappa shape index (κ3) is 3.68. The maximum Gasteiger partial charge on any atom is 0.277 e. The molecule has 0 saturated carbocycles. The van der Waals surface area contributed by atoms with Gasteiger partial charge in [-0.2, -0.15) is 0 Å². The van der Waals surface area contributed by atoms with Gasteiger partial charge in [-0.3, -0.25) is 9.88 Å². The highest BCUT2D eigenvalue weighted by Crippen LogP contribution is 2.42. The highest BCUT2D eigenvalue weighted by atomic mass is 32.2. The molecule has 2 bridgehead atoms. The van der Waals surface area contributed by atoms with Crippen LogP contribution in [0.25, 0.3) is 10.9 Å². The third-order valence-electron chi connectivity index (χ3n) is 6.15. The number of methoxy groups -OCH3 is 1. The van der Waals surface area contributed by atoms with Crippen LogP contribution in [0.3, 0.4) is 0 Å². The van der Waals surface area contributed by atoms with E-state index in [-0.39, 0.29) is 6.04 Å². The number of fused-ring (bicyclic) bond motifs is 4. The molecule has 6 nitrogen and oxygen atoms in total. The fraction of sp³-hybridized carbons (Fsp3) is 0.450. The van der Waals surface area contributed by atoms with Gasteiger partial charge in [-0.25, -0.2) is 13.1 Å². The molecule has 0 spiro atoms. The quantitative estimate of drug-likeness (QED) is 0.598. The van der Waals surface area contributed by atoms with Gasteiger partial charge in [0.25, 0.3) is 7.12 Å². The predicted molar refractivity (Wildman–Crippen MR) is 111 cm³/mol. The molecule has 2 radical (unpaired) electrons. The molecule has 0 amide bonds. The Morgan fingerprint density at radius 1 is 1.43 bits per heavy atom. The minimum atomic E-state index is -3.89. The maximum atomic E-state index is 12.0. The summed E-state index contributed by atoms with van der Waals surface area (Å²) in [5.74, 6) is 1.67. The van der Waals surface area contributed by atoms with E-state index in [0.717, 1.165) is 42.4 Å². The van der Waals surface area contributed by atoms with Crippen LogP contribution in [0.5, 0.6) is 5.75 Å². The molecular weight excluding hydrogens is 373 g/mol. The molecule has 146 valence electrons. The SMILES string of the molecule is [B]S(=O)(=O)NC(c1ccnc2ccc(OC)cc12)C1CC2CCN1CC2C=C. The van der Waals surface area contributed by atoms with E-state index in [1.54, 1.807) is 13.3 Å². The van der Waals surface area contributed by atoms with Crippen molar-refractivity contribution in [3.63, 3.8) is 0 Å². The smallest absolute Gasteiger partial charge is 0.277 e. The molecule has 2 aromatic rings. The lowest BCUT2D eigenvalue weighted by molar-refractivity contribution is 0.00499. The largest absolute Gasteiger partial charge is 0.497 e. The number of nitrogens with zero attached hydrogens (tertiary/aromatic N) is 2. The molecule has 0 aliphatic carbocycles. The number of pyridine rings is 1. The number of benzene rings is 1. The lowest BCUT2D eigenvalue weighted by Crippen LogP contribution is -2.57. The van der Waals surface area contributed by atoms with Crippen molar-refractivity contribution >= 4 is 27.9 Å². The van der Waals surface area contributed by atoms with Crippen LogP contribution in [0.1, 0.15) is 24.4 Å². The van der Waals surface area contributed by atoms with E-state index in [1.165, 1.54) is 0 Å². The number of hydrogen-bond acceptors (Lipinski definition) is 5. The summed E-state index contributed by atoms with van der Waals surface area (Å²) in [6, 6.07) is 7.08. The van der Waals surface area contributed by atoms with Gasteiger partial charge in [0.15, 0.2) is 0 Å². The van der Waals surface area contributed by atoms with Gasteiger partial charge in [-0.05, 0) is 61.1 Å². The maximum absolute atomic E-state index is 12.0. The van der Waals surface area contributed by atoms with Gasteiger partial charge < -0.3 is 4.74 Å². The summed E-state index contributed by atoms with van der Waals surface area (Å²) in [6.45, 7) is 5.82. The normalized spacial score (nSPS) is 28.2. The molecule has 1 aromatic carbocycles. The van der Waals surface area contributed by atoms with E-state index >= 15 is 0 Å². The van der Waals surface area contributed by atoms with Crippen molar-refractivity contribution in [2.45, 2.75) is 24.9 Å². The zero-order valence-corrected chi connectivity index (χ0v) is 16.7. The third-order valence-corrected chi connectivity index (χ3v) is 6.73. The van der Waals surface area contributed by atoms with Crippen LogP contribution in [0.15, 0.2) is 43.1 Å². The van der Waals surface area contributed by atoms with Gasteiger partial charge in [0.2, 0.25) is 0 Å². The topological polar surface area (TPSA) is 71.5 Å². The van der Waals surface area contributed by atoms with E-state index in [1.807, 2.05) is 30.3 Å². The first-order chi connectivity index (χ1) is 13.4. The molecule has 5 rings (SSSR count). The molecular formula is C20H24BN3O3S. The number of hydrogen-bond donors (Lipinski definition) is 1. The van der Waals surface area contributed by atoms with Gasteiger partial charge in [-0.1, -0.05) is 6.08 Å². The minimum Gasteiger partial charge on any atom is -0.497 e. The van der Waals surface area contributed by atoms with Gasteiger partial charge in [0.05, 0.1) is 18.7 Å². The van der Waals surface area contributed by atoms with Crippen molar-refractivity contribution in [2.75, 3.05) is 20.2 Å². The van der Waals surface area contributed by atoms with Crippen molar-refractivity contribution < 1.29 is 13.2 Å². The Bertz CT molecular complexity index is 997. The lowest BCUT2D eigenvalue weighted by Gasteiger charge is -2.51. The first-order valence-electron chi connectivity index (χ1n) is 9.49. The second-order valence-electron chi connectivity index (χ2n) is 7.67. The first kappa shape index (κ1) is 19.4. The van der Waals surface area contributed by atoms with Crippen LogP contribution in [0.2, 0.25) is 0 Å². The highest BCUT2D eigenvalue weighted by molar-refractivity contribution is 8.10. The van der Waals surface area contributed by atoms with Crippen LogP contribution in [0, 0.1) is 11.8 Å². The van der Waals surface area contributed by atoms with Crippen LogP contribution < -0.4 is 9.46 Å². The summed E-state index contributed by atoms with van der Waals surface area (Å²) < 4.78 is 32.1. The predicted octanol–water partition coefficient (Wildman–Crippen LogP) is 2.18. The van der Waals surface area contributed by atoms with Gasteiger partial charge in [-0.15, -0.1) is 6.58 Å². The van der Waals surface area contributed by atoms with E-state index in [9.17, 15) is 8.42 Å². The highest BCUT2D eigenvalue weighted by Gasteiger charge is 2.43. The molecule has 3 aliphatic rings. The van der Waals surface area contributed by atoms with Crippen LogP contribution in [0.4, 0.5) is 0 Å². The van der Waals surface area contributed by atoms with E-state index in [4.69, 9.17) is 11.9 Å². The molecule has 1 N–H and O–H groups in total. The van der Waals surface area contributed by atoms with Crippen molar-refractivity contribution in [1.29, 1.82) is 0 Å². The van der Waals surface area contributed by atoms with Crippen molar-refractivity contribution in [1.82, 2.24) is 14.6 Å². The zero-order valence-electron chi connectivity index (χ0n) is 15.9. The van der Waals surface area contributed by atoms with Gasteiger partial charge in [0, 0.05) is 24.2 Å². The Kier molecular flexibility index (Phi) is 5.20. The Hall–Kier alpha value is -1.90. The Morgan fingerprint density at radius 2 is 2.25 bits per heavy atom. The standard InChI is InChI=1S/C20H24BN3O3S/c1-3-13-12-24-9-7-14(13)10-19(24)20(23-28(21,25)26)16-6-8-22-18-5-4-15(27-2)11-17(16)18/h3-6,8,11,13-14,19-20,23H,1,7,9-10,12H2,2H3. The second kappa shape index (κ2) is 7.50. The van der Waals surface area contributed by atoms with Crippen molar-refractivity contribution in [3.05, 3.63) is 48.7 Å². The summed E-state index contributed by atoms with van der Waals surface area (Å²) >= 11 is 0. The molecule has 4 heterocycles. The minimum absolute atomic E-state index is 0.0325. The Balaban J connectivity index is 1.80. The lowest BCUT2D eigenvalue weighted by atomic mass is 9.73. The van der Waals surface area contributed by atoms with E-state index < -0.39 is 15.9 Å². The second-order valence-corrected chi connectivity index (χ2v) is 9.00. The van der Waals surface area contributed by atoms with Crippen LogP contribution in [-0.2, 0) is 9.87 Å². The monoisotopic (exact) mass is 397 g/mol. The summed E-state index contributed by atoms with van der Waals surface area (Å²) in [5, 5.41) is 0.867. The van der Waals surface area contributed by atoms with Gasteiger partial charge in [0.1, 0.15) is 15.6 Å². The van der Waals surface area contributed by atoms with Crippen molar-refractivity contribution in [3.8, 4) is 5.75 Å². The Morgan fingerprint density at radius 3 is 2.89 bits per heavy atom. The summed E-state index contributed by atoms with van der Waals surface area (Å²) in [4.78, 5) is 6.79. The number of nitrogens with one attached hydrogen (secondary N) is 1. The average Bonchev–Trinajstić information content (AvgIpc) is 2.70. The fourth-order valence-corrected chi connectivity index (χ4v) is 5.43. The molecule has 3 aliphatic heterocycles. The van der Waals surface area contributed by atoms with Crippen LogP contribution in [-0.4, -0.2) is 51.7 Å². The fourth-order valence-electron chi connectivity index (χ4n) is 4.79. The van der Waals surface area contributed by atoms with Crippen molar-refractivity contribution in [2.24, 2.45) is 11.8 Å². The molecule has 3 fully saturated rings. The molecule has 28 heavy (non-hydrogen) atoms.